The Labute approximate surface area is 126 Å². The molecule has 0 spiro atoms. The van der Waals surface area contributed by atoms with E-state index in [0.717, 1.165) is 0 Å². The van der Waals surface area contributed by atoms with Crippen LogP contribution in [0.5, 0.6) is 0 Å². The maximum absolute atomic E-state index is 14.1. The van der Waals surface area contributed by atoms with E-state index in [0.29, 0.717) is 23.9 Å². The minimum absolute atomic E-state index is 0.0601. The van der Waals surface area contributed by atoms with Crippen molar-refractivity contribution in [3.05, 3.63) is 28.5 Å². The third-order valence-corrected chi connectivity index (χ3v) is 4.19. The first-order valence-corrected chi connectivity index (χ1v) is 7.52. The average Bonchev–Trinajstić information content (AvgIpc) is 2.42. The summed E-state index contributed by atoms with van der Waals surface area (Å²) in [6.07, 6.45) is 1.27. The molecule has 5 heteroatoms. The zero-order valence-corrected chi connectivity index (χ0v) is 13.1. The predicted octanol–water partition coefficient (Wildman–Crippen LogP) is 3.56. The molecule has 0 N–H and O–H groups in total. The summed E-state index contributed by atoms with van der Waals surface area (Å²) in [6, 6.07) is 4.84. The third-order valence-electron chi connectivity index (χ3n) is 3.57. The lowest BCUT2D eigenvalue weighted by Gasteiger charge is -2.32. The number of hydrogen-bond donors (Lipinski definition) is 0. The summed E-state index contributed by atoms with van der Waals surface area (Å²) in [5.74, 6) is -1.63. The second kappa shape index (κ2) is 6.04. The van der Waals surface area contributed by atoms with Crippen LogP contribution in [0.4, 0.5) is 10.1 Å². The van der Waals surface area contributed by atoms with Gasteiger partial charge in [0.05, 0.1) is 16.1 Å². The molecule has 0 radical (unpaired) electrons. The summed E-state index contributed by atoms with van der Waals surface area (Å²) in [6.45, 7) is 4.02. The van der Waals surface area contributed by atoms with Crippen LogP contribution in [0.3, 0.4) is 0 Å². The SMILES string of the molecule is CC(C)C(=O)C1CCCN(c2cccc(Br)c2F)C1=O. The third kappa shape index (κ3) is 2.77. The molecule has 1 saturated heterocycles. The van der Waals surface area contributed by atoms with Crippen molar-refractivity contribution in [3.63, 3.8) is 0 Å². The Morgan fingerprint density at radius 3 is 2.80 bits per heavy atom. The molecule has 20 heavy (non-hydrogen) atoms. The largest absolute Gasteiger partial charge is 0.309 e. The van der Waals surface area contributed by atoms with E-state index in [1.54, 1.807) is 32.0 Å². The molecule has 1 atom stereocenters. The van der Waals surface area contributed by atoms with Gasteiger partial charge in [-0.25, -0.2) is 4.39 Å². The van der Waals surface area contributed by atoms with Gasteiger partial charge in [0.1, 0.15) is 5.78 Å². The highest BCUT2D eigenvalue weighted by Gasteiger charge is 2.36. The molecule has 2 rings (SSSR count). The molecule has 0 bridgehead atoms. The molecule has 1 unspecified atom stereocenters. The number of anilines is 1. The van der Waals surface area contributed by atoms with Gasteiger partial charge in [-0.05, 0) is 40.9 Å². The number of rotatable bonds is 3. The number of hydrogen-bond acceptors (Lipinski definition) is 2. The van der Waals surface area contributed by atoms with Gasteiger partial charge in [0.25, 0.3) is 0 Å². The predicted molar refractivity (Wildman–Crippen MR) is 79.0 cm³/mol. The van der Waals surface area contributed by atoms with Gasteiger partial charge in [-0.1, -0.05) is 19.9 Å². The van der Waals surface area contributed by atoms with Gasteiger partial charge < -0.3 is 4.90 Å². The molecule has 1 amide bonds. The number of benzene rings is 1. The normalized spacial score (nSPS) is 19.6. The number of piperidine rings is 1. The molecule has 1 aliphatic rings. The number of carbonyl (C=O) groups excluding carboxylic acids is 2. The van der Waals surface area contributed by atoms with Gasteiger partial charge >= 0.3 is 0 Å². The lowest BCUT2D eigenvalue weighted by molar-refractivity contribution is -0.135. The second-order valence-corrected chi connectivity index (χ2v) is 6.17. The van der Waals surface area contributed by atoms with Crippen LogP contribution in [-0.4, -0.2) is 18.2 Å². The molecular weight excluding hydrogens is 325 g/mol. The van der Waals surface area contributed by atoms with Crippen LogP contribution in [0.2, 0.25) is 0 Å². The zero-order chi connectivity index (χ0) is 14.9. The van der Waals surface area contributed by atoms with E-state index in [9.17, 15) is 14.0 Å². The van der Waals surface area contributed by atoms with Crippen LogP contribution in [0.15, 0.2) is 22.7 Å². The summed E-state index contributed by atoms with van der Waals surface area (Å²) < 4.78 is 14.4. The summed E-state index contributed by atoms with van der Waals surface area (Å²) in [7, 11) is 0. The van der Waals surface area contributed by atoms with Crippen molar-refractivity contribution in [1.29, 1.82) is 0 Å². The van der Waals surface area contributed by atoms with E-state index >= 15 is 0 Å². The Morgan fingerprint density at radius 2 is 2.15 bits per heavy atom. The first-order valence-electron chi connectivity index (χ1n) is 6.72. The highest BCUT2D eigenvalue weighted by molar-refractivity contribution is 9.10. The number of carbonyl (C=O) groups is 2. The molecular formula is C15H17BrFNO2. The Morgan fingerprint density at radius 1 is 1.45 bits per heavy atom. The highest BCUT2D eigenvalue weighted by Crippen LogP contribution is 2.31. The molecule has 0 saturated carbocycles. The van der Waals surface area contributed by atoms with Gasteiger partial charge in [-0.15, -0.1) is 0 Å². The Kier molecular flexibility index (Phi) is 4.58. The van der Waals surface area contributed by atoms with Gasteiger partial charge in [0.15, 0.2) is 5.82 Å². The second-order valence-electron chi connectivity index (χ2n) is 5.31. The minimum atomic E-state index is -0.637. The number of Topliss-reactive ketones (excluding diaryl/α,β-unsaturated/α-hetero) is 1. The van der Waals surface area contributed by atoms with E-state index in [-0.39, 0.29) is 23.3 Å². The first-order chi connectivity index (χ1) is 9.43. The fourth-order valence-electron chi connectivity index (χ4n) is 2.48. The van der Waals surface area contributed by atoms with Crippen LogP contribution in [0.1, 0.15) is 26.7 Å². The fraction of sp³-hybridized carbons (Fsp3) is 0.467. The smallest absolute Gasteiger partial charge is 0.237 e. The molecule has 0 aromatic heterocycles. The molecule has 1 aromatic carbocycles. The van der Waals surface area contributed by atoms with Crippen molar-refractivity contribution in [2.45, 2.75) is 26.7 Å². The van der Waals surface area contributed by atoms with Crippen LogP contribution in [0.25, 0.3) is 0 Å². The van der Waals surface area contributed by atoms with Gasteiger partial charge in [0.2, 0.25) is 5.91 Å². The quantitative estimate of drug-likeness (QED) is 0.788. The standard InChI is InChI=1S/C15H17BrFNO2/c1-9(2)14(19)10-5-4-8-18(15(10)20)12-7-3-6-11(16)13(12)17/h3,6-7,9-10H,4-5,8H2,1-2H3. The monoisotopic (exact) mass is 341 g/mol. The van der Waals surface area contributed by atoms with Gasteiger partial charge in [0, 0.05) is 12.5 Å². The molecule has 0 aliphatic carbocycles. The van der Waals surface area contributed by atoms with Crippen molar-refractivity contribution in [3.8, 4) is 0 Å². The van der Waals surface area contributed by atoms with Gasteiger partial charge in [-0.3, -0.25) is 9.59 Å². The molecule has 3 nitrogen and oxygen atoms in total. The van der Waals surface area contributed by atoms with E-state index in [2.05, 4.69) is 15.9 Å². The van der Waals surface area contributed by atoms with E-state index < -0.39 is 11.7 Å². The summed E-state index contributed by atoms with van der Waals surface area (Å²) >= 11 is 3.12. The minimum Gasteiger partial charge on any atom is -0.309 e. The molecule has 1 aliphatic heterocycles. The molecule has 1 heterocycles. The lowest BCUT2D eigenvalue weighted by Crippen LogP contribution is -2.45. The molecule has 1 aromatic rings. The van der Waals surface area contributed by atoms with E-state index in [4.69, 9.17) is 0 Å². The number of halogens is 2. The Balaban J connectivity index is 2.31. The topological polar surface area (TPSA) is 37.4 Å². The number of nitrogens with zero attached hydrogens (tertiary/aromatic N) is 1. The Bertz CT molecular complexity index is 545. The van der Waals surface area contributed by atoms with Crippen molar-refractivity contribution in [1.82, 2.24) is 0 Å². The highest BCUT2D eigenvalue weighted by atomic mass is 79.9. The fourth-order valence-corrected chi connectivity index (χ4v) is 2.84. The van der Waals surface area contributed by atoms with Crippen molar-refractivity contribution >= 4 is 33.3 Å². The van der Waals surface area contributed by atoms with Crippen molar-refractivity contribution < 1.29 is 14.0 Å². The van der Waals surface area contributed by atoms with Gasteiger partial charge in [-0.2, -0.15) is 0 Å². The van der Waals surface area contributed by atoms with Crippen LogP contribution < -0.4 is 4.90 Å². The van der Waals surface area contributed by atoms with Crippen molar-refractivity contribution in [2.75, 3.05) is 11.4 Å². The maximum atomic E-state index is 14.1. The maximum Gasteiger partial charge on any atom is 0.237 e. The number of amides is 1. The number of ketones is 1. The van der Waals surface area contributed by atoms with E-state index in [1.807, 2.05) is 0 Å². The van der Waals surface area contributed by atoms with Crippen LogP contribution in [-0.2, 0) is 9.59 Å². The summed E-state index contributed by atoms with van der Waals surface area (Å²) in [5, 5.41) is 0. The first kappa shape index (κ1) is 15.2. The van der Waals surface area contributed by atoms with E-state index in [1.165, 1.54) is 4.90 Å². The summed E-state index contributed by atoms with van der Waals surface area (Å²) in [5.41, 5.74) is 0.241. The average molecular weight is 342 g/mol. The zero-order valence-electron chi connectivity index (χ0n) is 11.5. The van der Waals surface area contributed by atoms with Crippen molar-refractivity contribution in [2.24, 2.45) is 11.8 Å². The Hall–Kier alpha value is -1.23. The molecule has 108 valence electrons. The summed E-state index contributed by atoms with van der Waals surface area (Å²) in [4.78, 5) is 25.9. The van der Waals surface area contributed by atoms with Crippen LogP contribution >= 0.6 is 15.9 Å². The lowest BCUT2D eigenvalue weighted by atomic mass is 9.87. The molecule has 1 fully saturated rings. The van der Waals surface area contributed by atoms with Crippen LogP contribution in [0, 0.1) is 17.7 Å².